The molecule has 2 saturated heterocycles. The largest absolute Gasteiger partial charge is 0.459 e. The Bertz CT molecular complexity index is 1680. The van der Waals surface area contributed by atoms with Gasteiger partial charge < -0.3 is 15.8 Å². The quantitative estimate of drug-likeness (QED) is 0.265. The topological polar surface area (TPSA) is 89.2 Å². The van der Waals surface area contributed by atoms with E-state index < -0.39 is 11.6 Å². The number of hydrogen-bond donors (Lipinski definition) is 2. The molecule has 0 saturated carbocycles. The predicted molar refractivity (Wildman–Crippen MR) is 160 cm³/mol. The summed E-state index contributed by atoms with van der Waals surface area (Å²) in [7, 11) is 0. The highest BCUT2D eigenvalue weighted by atomic mass is 35.5. The molecule has 11 heteroatoms. The summed E-state index contributed by atoms with van der Waals surface area (Å²) >= 11 is 7.81. The first-order valence-corrected chi connectivity index (χ1v) is 15.4. The third-order valence-electron chi connectivity index (χ3n) is 8.43. The van der Waals surface area contributed by atoms with Crippen molar-refractivity contribution in [2.24, 2.45) is 5.92 Å². The predicted octanol–water partition coefficient (Wildman–Crippen LogP) is 6.44. The molecule has 214 valence electrons. The highest BCUT2D eigenvalue weighted by Crippen LogP contribution is 2.43. The molecule has 2 aromatic heterocycles. The van der Waals surface area contributed by atoms with E-state index in [1.807, 2.05) is 6.92 Å². The van der Waals surface area contributed by atoms with E-state index in [9.17, 15) is 4.39 Å². The number of nitrogens with one attached hydrogen (secondary N) is 1. The first-order chi connectivity index (χ1) is 19.9. The van der Waals surface area contributed by atoms with Crippen molar-refractivity contribution in [3.8, 4) is 17.1 Å². The van der Waals surface area contributed by atoms with E-state index in [1.54, 1.807) is 6.07 Å². The molecule has 3 atom stereocenters. The van der Waals surface area contributed by atoms with Crippen LogP contribution in [0.1, 0.15) is 44.7 Å². The van der Waals surface area contributed by atoms with Crippen LogP contribution in [0.3, 0.4) is 0 Å². The van der Waals surface area contributed by atoms with E-state index in [1.165, 1.54) is 31.4 Å². The van der Waals surface area contributed by atoms with E-state index >= 15 is 4.39 Å². The smallest absolute Gasteiger partial charge is 0.317 e. The van der Waals surface area contributed by atoms with Crippen LogP contribution in [0.25, 0.3) is 37.8 Å². The monoisotopic (exact) mass is 596 g/mol. The molecule has 0 spiro atoms. The summed E-state index contributed by atoms with van der Waals surface area (Å²) in [5.74, 6) is -0.701. The Labute approximate surface area is 245 Å². The number of aromatic nitrogens is 3. The van der Waals surface area contributed by atoms with Crippen LogP contribution in [0, 0.1) is 17.6 Å². The van der Waals surface area contributed by atoms with Crippen LogP contribution in [-0.4, -0.2) is 58.2 Å². The zero-order valence-corrected chi connectivity index (χ0v) is 24.3. The van der Waals surface area contributed by atoms with Gasteiger partial charge in [-0.2, -0.15) is 9.97 Å². The summed E-state index contributed by atoms with van der Waals surface area (Å²) in [5, 5.41) is 4.46. The van der Waals surface area contributed by atoms with Crippen LogP contribution in [0.4, 0.5) is 13.9 Å². The number of rotatable bonds is 6. The number of nitrogen functional groups attached to an aromatic ring is 1. The normalized spacial score (nSPS) is 21.9. The summed E-state index contributed by atoms with van der Waals surface area (Å²) in [6.07, 6.45) is 7.78. The maximum Gasteiger partial charge on any atom is 0.317 e. The number of halogens is 3. The number of piperidine rings is 2. The Hall–Kier alpha value is -2.92. The van der Waals surface area contributed by atoms with Crippen LogP contribution in [0.2, 0.25) is 5.02 Å². The first-order valence-electron chi connectivity index (χ1n) is 14.2. The lowest BCUT2D eigenvalue weighted by molar-refractivity contribution is 0.122. The Morgan fingerprint density at radius 3 is 2.71 bits per heavy atom. The molecule has 4 aromatic rings. The molecule has 0 amide bonds. The van der Waals surface area contributed by atoms with Crippen LogP contribution >= 0.6 is 22.9 Å². The molecule has 4 aliphatic rings. The molecule has 0 radical (unpaired) electrons. The maximum absolute atomic E-state index is 16.7. The van der Waals surface area contributed by atoms with Gasteiger partial charge in [-0.15, -0.1) is 0 Å². The van der Waals surface area contributed by atoms with Crippen LogP contribution in [0.5, 0.6) is 6.01 Å². The molecule has 2 aromatic carbocycles. The average Bonchev–Trinajstić information content (AvgIpc) is 3.38. The van der Waals surface area contributed by atoms with Crippen molar-refractivity contribution in [2.45, 2.75) is 51.2 Å². The van der Waals surface area contributed by atoms with E-state index in [0.717, 1.165) is 55.9 Å². The molecular weight excluding hydrogens is 566 g/mol. The third kappa shape index (κ3) is 4.94. The van der Waals surface area contributed by atoms with Crippen LogP contribution in [-0.2, 0) is 0 Å². The van der Waals surface area contributed by atoms with Gasteiger partial charge in [0.05, 0.1) is 20.9 Å². The summed E-state index contributed by atoms with van der Waals surface area (Å²) in [6.45, 7) is 5.76. The van der Waals surface area contributed by atoms with Gasteiger partial charge in [0.2, 0.25) is 0 Å². The van der Waals surface area contributed by atoms with Crippen molar-refractivity contribution >= 4 is 54.8 Å². The fourth-order valence-electron chi connectivity index (χ4n) is 6.51. The van der Waals surface area contributed by atoms with E-state index in [2.05, 4.69) is 26.3 Å². The van der Waals surface area contributed by atoms with Crippen molar-refractivity contribution in [2.75, 3.05) is 31.9 Å². The summed E-state index contributed by atoms with van der Waals surface area (Å²) in [4.78, 5) is 16.2. The number of hydrogen-bond acceptors (Lipinski definition) is 8. The fraction of sp³-hybridized carbons (Fsp3) is 0.433. The second-order valence-corrected chi connectivity index (χ2v) is 12.8. The van der Waals surface area contributed by atoms with E-state index in [4.69, 9.17) is 27.1 Å². The molecule has 7 nitrogen and oxygen atoms in total. The molecule has 2 bridgehead atoms. The van der Waals surface area contributed by atoms with Crippen molar-refractivity contribution < 1.29 is 13.5 Å². The van der Waals surface area contributed by atoms with Gasteiger partial charge in [-0.3, -0.25) is 4.90 Å². The molecule has 3 N–H and O–H groups in total. The summed E-state index contributed by atoms with van der Waals surface area (Å²) in [5.41, 5.74) is 8.39. The molecular formula is C30H31ClF2N6OS. The molecule has 1 aliphatic carbocycles. The number of anilines is 1. The highest BCUT2D eigenvalue weighted by Gasteiger charge is 2.32. The lowest BCUT2D eigenvalue weighted by Gasteiger charge is -2.36. The van der Waals surface area contributed by atoms with Gasteiger partial charge in [-0.25, -0.2) is 13.8 Å². The Morgan fingerprint density at radius 1 is 1.15 bits per heavy atom. The second kappa shape index (κ2) is 10.7. The van der Waals surface area contributed by atoms with E-state index in [-0.39, 0.29) is 49.6 Å². The lowest BCUT2D eigenvalue weighted by Crippen LogP contribution is -2.43. The van der Waals surface area contributed by atoms with Gasteiger partial charge in [-0.1, -0.05) is 35.4 Å². The van der Waals surface area contributed by atoms with Crippen LogP contribution < -0.4 is 15.8 Å². The van der Waals surface area contributed by atoms with Gasteiger partial charge in [0.1, 0.15) is 17.4 Å². The fourth-order valence-corrected chi connectivity index (χ4v) is 7.57. The standard InChI is InChI=1S/C30H31ClF2N6OS/c1-15(14-39-9-3-2-4-10-39)40-30-37-25(18-11-16-5-8-22(18)35-13-16)19-12-20(31)23(24(33)26(19)38-30)17-6-7-21(32)28-27(17)36-29(34)41-28/h6-7,11-12,15-16,22,35H,2-5,8-10,13-14H2,1H3,(H2,34,36). The summed E-state index contributed by atoms with van der Waals surface area (Å²) < 4.78 is 37.7. The number of thiazole rings is 1. The van der Waals surface area contributed by atoms with Crippen molar-refractivity contribution in [3.63, 3.8) is 0 Å². The molecule has 41 heavy (non-hydrogen) atoms. The molecule has 5 heterocycles. The molecule has 2 fully saturated rings. The number of ether oxygens (including phenoxy) is 1. The molecule has 3 unspecified atom stereocenters. The Morgan fingerprint density at radius 2 is 1.98 bits per heavy atom. The average molecular weight is 597 g/mol. The number of fused-ring (bicyclic) bond motifs is 4. The Kier molecular flexibility index (Phi) is 7.05. The van der Waals surface area contributed by atoms with Gasteiger partial charge in [0.15, 0.2) is 10.9 Å². The zero-order chi connectivity index (χ0) is 28.2. The molecule has 8 rings (SSSR count). The highest BCUT2D eigenvalue weighted by molar-refractivity contribution is 7.22. The number of likely N-dealkylation sites (tertiary alicyclic amines) is 1. The number of benzene rings is 2. The van der Waals surface area contributed by atoms with Crippen molar-refractivity contribution in [1.29, 1.82) is 0 Å². The number of nitrogens with zero attached hydrogens (tertiary/aromatic N) is 4. The minimum atomic E-state index is -0.626. The molecule has 3 aliphatic heterocycles. The SMILES string of the molecule is CC(CN1CCCCC1)Oc1nc(C2=CC3CCC2NC3)c2cc(Cl)c(-c3ccc(F)c4sc(N)nc34)c(F)c2n1. The maximum atomic E-state index is 16.7. The summed E-state index contributed by atoms with van der Waals surface area (Å²) in [6, 6.07) is 4.73. The Balaban J connectivity index is 1.38. The van der Waals surface area contributed by atoms with E-state index in [0.29, 0.717) is 22.6 Å². The number of nitrogens with two attached hydrogens (primary N) is 1. The van der Waals surface area contributed by atoms with Crippen molar-refractivity contribution in [3.05, 3.63) is 46.6 Å². The first kappa shape index (κ1) is 26.9. The lowest BCUT2D eigenvalue weighted by atomic mass is 9.80. The van der Waals surface area contributed by atoms with Gasteiger partial charge in [-0.05, 0) is 75.4 Å². The zero-order valence-electron chi connectivity index (χ0n) is 22.7. The van der Waals surface area contributed by atoms with Gasteiger partial charge in [0.25, 0.3) is 0 Å². The van der Waals surface area contributed by atoms with Gasteiger partial charge >= 0.3 is 6.01 Å². The minimum Gasteiger partial charge on any atom is -0.459 e. The second-order valence-electron chi connectivity index (χ2n) is 11.3. The van der Waals surface area contributed by atoms with Gasteiger partial charge in [0, 0.05) is 35.6 Å². The van der Waals surface area contributed by atoms with Crippen molar-refractivity contribution in [1.82, 2.24) is 25.2 Å². The minimum absolute atomic E-state index is 0.101. The van der Waals surface area contributed by atoms with Crippen LogP contribution in [0.15, 0.2) is 24.3 Å². The third-order valence-corrected chi connectivity index (χ3v) is 9.62.